The highest BCUT2D eigenvalue weighted by molar-refractivity contribution is 5.90. The summed E-state index contributed by atoms with van der Waals surface area (Å²) in [5, 5.41) is 11.2. The summed E-state index contributed by atoms with van der Waals surface area (Å²) in [4.78, 5) is 9.95. The maximum atomic E-state index is 11.2. The Hall–Kier alpha value is -7.24. The van der Waals surface area contributed by atoms with Crippen LogP contribution in [0, 0.1) is 5.41 Å². The van der Waals surface area contributed by atoms with Gasteiger partial charge in [0.05, 0.1) is 11.2 Å². The number of rotatable bonds is 7. The van der Waals surface area contributed by atoms with E-state index in [2.05, 4.69) is 108 Å². The van der Waals surface area contributed by atoms with Crippen LogP contribution in [-0.4, -0.2) is 19.6 Å². The van der Waals surface area contributed by atoms with Crippen LogP contribution in [0.4, 0.5) is 0 Å². The zero-order valence-corrected chi connectivity index (χ0v) is 31.8. The first-order valence-electron chi connectivity index (χ1n) is 20.0. The van der Waals surface area contributed by atoms with Crippen molar-refractivity contribution in [2.45, 2.75) is 25.7 Å². The Balaban J connectivity index is 0.931. The van der Waals surface area contributed by atoms with Crippen molar-refractivity contribution in [3.05, 3.63) is 204 Å². The molecule has 7 aromatic carbocycles. The molecule has 2 heterocycles. The molecule has 0 bridgehead atoms. The number of phenols is 1. The number of fused-ring (bicyclic) bond motifs is 3. The molecule has 0 saturated heterocycles. The van der Waals surface area contributed by atoms with Crippen LogP contribution in [0.5, 0.6) is 17.2 Å². The SMILES string of the molecule is Oc1ccc(-c2ccc3c(c2)CC2(Cc4ccccc4C2)C3)cc1-c1cccc(Oc2cccc3c2nc(-c2ccccn2)n3-c2ccccc2-c2ccccc2)c1. The molecule has 0 radical (unpaired) electrons. The highest BCUT2D eigenvalue weighted by atomic mass is 16.5. The van der Waals surface area contributed by atoms with E-state index in [1.807, 2.05) is 66.7 Å². The number of para-hydroxylation sites is 2. The number of pyridine rings is 1. The van der Waals surface area contributed by atoms with Gasteiger partial charge in [-0.15, -0.1) is 0 Å². The fourth-order valence-electron chi connectivity index (χ4n) is 9.43. The number of benzene rings is 7. The number of ether oxygens (including phenoxy) is 1. The Morgan fingerprint density at radius 1 is 0.517 bits per heavy atom. The van der Waals surface area contributed by atoms with E-state index in [1.165, 1.54) is 27.8 Å². The molecule has 2 aliphatic rings. The topological polar surface area (TPSA) is 60.2 Å². The molecular weight excluding hydrogens is 711 g/mol. The highest BCUT2D eigenvalue weighted by Gasteiger charge is 2.42. The van der Waals surface area contributed by atoms with Gasteiger partial charge in [0.25, 0.3) is 0 Å². The van der Waals surface area contributed by atoms with Gasteiger partial charge >= 0.3 is 0 Å². The van der Waals surface area contributed by atoms with Crippen LogP contribution in [-0.2, 0) is 25.7 Å². The van der Waals surface area contributed by atoms with E-state index in [0.717, 1.165) is 81.7 Å². The predicted octanol–water partition coefficient (Wildman–Crippen LogP) is 12.5. The minimum atomic E-state index is 0.225. The van der Waals surface area contributed by atoms with Crippen molar-refractivity contribution in [2.75, 3.05) is 0 Å². The molecule has 58 heavy (non-hydrogen) atoms. The first-order chi connectivity index (χ1) is 28.6. The molecule has 2 aromatic heterocycles. The van der Waals surface area contributed by atoms with E-state index in [1.54, 1.807) is 12.3 Å². The molecule has 5 nitrogen and oxygen atoms in total. The second-order valence-electron chi connectivity index (χ2n) is 15.8. The third-order valence-electron chi connectivity index (χ3n) is 12.1. The number of phenolic OH excluding ortho intramolecular Hbond substituents is 1. The Bertz CT molecular complexity index is 2980. The summed E-state index contributed by atoms with van der Waals surface area (Å²) in [7, 11) is 0. The maximum absolute atomic E-state index is 11.2. The van der Waals surface area contributed by atoms with Gasteiger partial charge in [0.15, 0.2) is 11.6 Å². The fourth-order valence-corrected chi connectivity index (χ4v) is 9.43. The lowest BCUT2D eigenvalue weighted by Crippen LogP contribution is -2.21. The number of nitrogens with zero attached hydrogens (tertiary/aromatic N) is 3. The van der Waals surface area contributed by atoms with E-state index < -0.39 is 0 Å². The summed E-state index contributed by atoms with van der Waals surface area (Å²) >= 11 is 0. The molecule has 0 saturated carbocycles. The van der Waals surface area contributed by atoms with Gasteiger partial charge in [0.1, 0.15) is 22.7 Å². The molecule has 11 rings (SSSR count). The van der Waals surface area contributed by atoms with Gasteiger partial charge in [-0.25, -0.2) is 4.98 Å². The van der Waals surface area contributed by atoms with Crippen LogP contribution in [0.15, 0.2) is 182 Å². The summed E-state index contributed by atoms with van der Waals surface area (Å²) in [5.74, 6) is 2.22. The Morgan fingerprint density at radius 2 is 1.21 bits per heavy atom. The predicted molar refractivity (Wildman–Crippen MR) is 232 cm³/mol. The minimum absolute atomic E-state index is 0.225. The largest absolute Gasteiger partial charge is 0.507 e. The first kappa shape index (κ1) is 34.0. The Labute approximate surface area is 337 Å². The van der Waals surface area contributed by atoms with Gasteiger partial charge in [-0.1, -0.05) is 121 Å². The van der Waals surface area contributed by atoms with Crippen LogP contribution >= 0.6 is 0 Å². The second kappa shape index (κ2) is 13.7. The molecule has 0 aliphatic heterocycles. The highest BCUT2D eigenvalue weighted by Crippen LogP contribution is 2.48. The summed E-state index contributed by atoms with van der Waals surface area (Å²) < 4.78 is 8.88. The van der Waals surface area contributed by atoms with Gasteiger partial charge in [0, 0.05) is 17.3 Å². The second-order valence-corrected chi connectivity index (χ2v) is 15.8. The van der Waals surface area contributed by atoms with Gasteiger partial charge in [0.2, 0.25) is 0 Å². The van der Waals surface area contributed by atoms with Crippen molar-refractivity contribution in [3.63, 3.8) is 0 Å². The molecule has 0 atom stereocenters. The van der Waals surface area contributed by atoms with E-state index >= 15 is 0 Å². The molecule has 0 amide bonds. The average molecular weight is 750 g/mol. The number of aromatic nitrogens is 3. The summed E-state index contributed by atoms with van der Waals surface area (Å²) in [6, 6.07) is 60.5. The quantitative estimate of drug-likeness (QED) is 0.176. The lowest BCUT2D eigenvalue weighted by atomic mass is 9.82. The Morgan fingerprint density at radius 3 is 2.03 bits per heavy atom. The van der Waals surface area contributed by atoms with Crippen LogP contribution in [0.1, 0.15) is 22.3 Å². The van der Waals surface area contributed by atoms with Crippen molar-refractivity contribution >= 4 is 11.0 Å². The summed E-state index contributed by atoms with van der Waals surface area (Å²) in [6.45, 7) is 0. The van der Waals surface area contributed by atoms with Crippen LogP contribution < -0.4 is 4.74 Å². The van der Waals surface area contributed by atoms with Crippen molar-refractivity contribution in [3.8, 4) is 67.8 Å². The average Bonchev–Trinajstić information content (AvgIpc) is 3.96. The number of aromatic hydroxyl groups is 1. The van der Waals surface area contributed by atoms with Crippen molar-refractivity contribution < 1.29 is 9.84 Å². The van der Waals surface area contributed by atoms with Gasteiger partial charge < -0.3 is 9.84 Å². The molecule has 1 N–H and O–H groups in total. The third kappa shape index (κ3) is 5.95. The molecule has 278 valence electrons. The third-order valence-corrected chi connectivity index (χ3v) is 12.1. The molecule has 2 aliphatic carbocycles. The van der Waals surface area contributed by atoms with Gasteiger partial charge in [-0.05, 0) is 130 Å². The monoisotopic (exact) mass is 749 g/mol. The number of imidazole rings is 1. The van der Waals surface area contributed by atoms with Gasteiger partial charge in [-0.2, -0.15) is 0 Å². The molecule has 0 fully saturated rings. The van der Waals surface area contributed by atoms with E-state index in [-0.39, 0.29) is 5.75 Å². The van der Waals surface area contributed by atoms with Gasteiger partial charge in [-0.3, -0.25) is 9.55 Å². The smallest absolute Gasteiger partial charge is 0.164 e. The molecule has 5 heteroatoms. The lowest BCUT2D eigenvalue weighted by molar-refractivity contribution is 0.326. The number of hydrogen-bond donors (Lipinski definition) is 1. The molecule has 9 aromatic rings. The molecule has 0 unspecified atom stereocenters. The van der Waals surface area contributed by atoms with Crippen LogP contribution in [0.2, 0.25) is 0 Å². The minimum Gasteiger partial charge on any atom is -0.507 e. The molecular formula is C53H39N3O2. The lowest BCUT2D eigenvalue weighted by Gasteiger charge is -2.21. The zero-order valence-electron chi connectivity index (χ0n) is 31.8. The Kier molecular flexibility index (Phi) is 8.07. The molecule has 1 spiro atoms. The zero-order chi connectivity index (χ0) is 38.6. The summed E-state index contributed by atoms with van der Waals surface area (Å²) in [6.07, 6.45) is 6.33. The van der Waals surface area contributed by atoms with E-state index in [4.69, 9.17) is 14.7 Å². The summed E-state index contributed by atoms with van der Waals surface area (Å²) in [5.41, 5.74) is 15.7. The van der Waals surface area contributed by atoms with Crippen molar-refractivity contribution in [2.24, 2.45) is 5.41 Å². The number of hydrogen-bond acceptors (Lipinski definition) is 4. The van der Waals surface area contributed by atoms with Crippen molar-refractivity contribution in [1.29, 1.82) is 0 Å². The normalized spacial score (nSPS) is 13.8. The van der Waals surface area contributed by atoms with Crippen LogP contribution in [0.25, 0.3) is 61.6 Å². The van der Waals surface area contributed by atoms with E-state index in [0.29, 0.717) is 16.9 Å². The maximum Gasteiger partial charge on any atom is 0.164 e. The standard InChI is InChI=1S/C53H39N3O2/c57-49-26-25-37(36-23-24-41-33-53(34-42(41)28-36)31-39-14-4-5-15-40(39)32-53)30-45(49)38-16-10-17-43(29-38)58-50-22-11-21-48-51(50)55-52(46-19-8-9-27-54-46)56(48)47-20-7-6-18-44(47)35-12-2-1-3-13-35/h1-30,57H,31-34H2. The fraction of sp³-hybridized carbons (Fsp3) is 0.0943. The first-order valence-corrected chi connectivity index (χ1v) is 20.0. The van der Waals surface area contributed by atoms with Crippen molar-refractivity contribution in [1.82, 2.24) is 14.5 Å². The van der Waals surface area contributed by atoms with Crippen LogP contribution in [0.3, 0.4) is 0 Å². The van der Waals surface area contributed by atoms with E-state index in [9.17, 15) is 5.11 Å².